The fraction of sp³-hybridized carbons (Fsp3) is 0.400. The Morgan fingerprint density at radius 3 is 2.14 bits per heavy atom. The van der Waals surface area contributed by atoms with Crippen LogP contribution in [0.5, 0.6) is 0 Å². The van der Waals surface area contributed by atoms with Gasteiger partial charge in [-0.25, -0.2) is 4.79 Å². The summed E-state index contributed by atoms with van der Waals surface area (Å²) in [5, 5.41) is 22.5. The molecule has 0 bridgehead atoms. The van der Waals surface area contributed by atoms with E-state index in [1.807, 2.05) is 0 Å². The summed E-state index contributed by atoms with van der Waals surface area (Å²) in [4.78, 5) is 42.7. The Balaban J connectivity index is 1.24. The van der Waals surface area contributed by atoms with Crippen LogP contribution in [0.2, 0.25) is 0 Å². The molecule has 1 fully saturated rings. The number of hydrogen-bond acceptors (Lipinski definition) is 8. The highest BCUT2D eigenvalue weighted by Gasteiger charge is 2.32. The SMILES string of the molecule is CC(C)(C)OC(=O)NCC1CCC(C(=O)NC(Cc2ccc(-c3ccc(C(F)(F)F)nc3)cc2)C(=O)Nc2ccc(-c3nn[nH]n3)cc2)CC1. The van der Waals surface area contributed by atoms with E-state index in [0.29, 0.717) is 47.6 Å². The average Bonchev–Trinajstić information content (AvgIpc) is 3.62. The third-order valence-electron chi connectivity index (χ3n) is 8.32. The van der Waals surface area contributed by atoms with Gasteiger partial charge >= 0.3 is 12.3 Å². The van der Waals surface area contributed by atoms with Crippen molar-refractivity contribution in [2.24, 2.45) is 11.8 Å². The number of H-pyrrole nitrogens is 1. The molecular weight excluding hydrogens is 653 g/mol. The minimum atomic E-state index is -4.53. The summed E-state index contributed by atoms with van der Waals surface area (Å²) in [6, 6.07) is 15.2. The van der Waals surface area contributed by atoms with Crippen LogP contribution in [0.15, 0.2) is 66.9 Å². The Labute approximate surface area is 287 Å². The van der Waals surface area contributed by atoms with Crippen LogP contribution in [0, 0.1) is 11.8 Å². The molecule has 15 heteroatoms. The van der Waals surface area contributed by atoms with E-state index in [2.05, 4.69) is 41.6 Å². The zero-order valence-electron chi connectivity index (χ0n) is 27.9. The first-order valence-electron chi connectivity index (χ1n) is 16.3. The Kier molecular flexibility index (Phi) is 11.1. The maximum atomic E-state index is 13.6. The lowest BCUT2D eigenvalue weighted by Gasteiger charge is -2.29. The summed E-state index contributed by atoms with van der Waals surface area (Å²) in [6.45, 7) is 5.86. The number of alkyl halides is 3. The number of carbonyl (C=O) groups is 3. The largest absolute Gasteiger partial charge is 0.444 e. The van der Waals surface area contributed by atoms with Crippen molar-refractivity contribution in [1.29, 1.82) is 0 Å². The predicted molar refractivity (Wildman–Crippen MR) is 178 cm³/mol. The molecule has 4 aromatic rings. The lowest BCUT2D eigenvalue weighted by atomic mass is 9.81. The smallest absolute Gasteiger partial charge is 0.433 e. The number of benzene rings is 2. The standard InChI is InChI=1S/C35H39F3N8O4/c1-34(2,3)50-33(49)40-19-22-6-10-25(11-7-22)31(47)42-28(32(48)41-27-15-12-24(13-16-27)30-43-45-46-44-30)18-21-4-8-23(9-5-21)26-14-17-29(39-20-26)35(36,37)38/h4-5,8-9,12-17,20,22,25,28H,6-7,10-11,18-19H2,1-3H3,(H,40,49)(H,41,48)(H,42,47)(H,43,44,45,46). The second-order valence-electron chi connectivity index (χ2n) is 13.3. The zero-order valence-corrected chi connectivity index (χ0v) is 27.9. The molecule has 3 amide bonds. The highest BCUT2D eigenvalue weighted by Crippen LogP contribution is 2.30. The molecule has 1 aliphatic rings. The first-order chi connectivity index (χ1) is 23.7. The summed E-state index contributed by atoms with van der Waals surface area (Å²) < 4.78 is 44.2. The molecule has 2 heterocycles. The second-order valence-corrected chi connectivity index (χ2v) is 13.3. The van der Waals surface area contributed by atoms with Crippen molar-refractivity contribution in [2.75, 3.05) is 11.9 Å². The Hall–Kier alpha value is -5.34. The molecule has 1 saturated carbocycles. The molecule has 1 aliphatic carbocycles. The minimum absolute atomic E-state index is 0.166. The number of amides is 3. The molecule has 0 saturated heterocycles. The van der Waals surface area contributed by atoms with Gasteiger partial charge in [-0.05, 0) is 99.0 Å². The first kappa shape index (κ1) is 36.0. The number of nitrogens with zero attached hydrogens (tertiary/aromatic N) is 4. The minimum Gasteiger partial charge on any atom is -0.444 e. The molecule has 0 radical (unpaired) electrons. The molecule has 1 unspecified atom stereocenters. The van der Waals surface area contributed by atoms with Gasteiger partial charge in [0.15, 0.2) is 0 Å². The number of aromatic amines is 1. The van der Waals surface area contributed by atoms with Crippen molar-refractivity contribution < 1.29 is 32.3 Å². The van der Waals surface area contributed by atoms with Gasteiger partial charge in [-0.15, -0.1) is 10.2 Å². The third kappa shape index (κ3) is 10.1. The van der Waals surface area contributed by atoms with Crippen molar-refractivity contribution >= 4 is 23.6 Å². The van der Waals surface area contributed by atoms with Crippen molar-refractivity contribution in [1.82, 2.24) is 36.2 Å². The van der Waals surface area contributed by atoms with Gasteiger partial charge in [0, 0.05) is 41.9 Å². The molecule has 2 aromatic heterocycles. The van der Waals surface area contributed by atoms with Gasteiger partial charge < -0.3 is 20.7 Å². The van der Waals surface area contributed by atoms with Crippen molar-refractivity contribution in [3.63, 3.8) is 0 Å². The van der Waals surface area contributed by atoms with Gasteiger partial charge in [-0.3, -0.25) is 14.6 Å². The maximum absolute atomic E-state index is 13.6. The highest BCUT2D eigenvalue weighted by molar-refractivity contribution is 5.97. The van der Waals surface area contributed by atoms with E-state index in [0.717, 1.165) is 24.5 Å². The maximum Gasteiger partial charge on any atom is 0.433 e. The van der Waals surface area contributed by atoms with Crippen LogP contribution < -0.4 is 16.0 Å². The number of hydrogen-bond donors (Lipinski definition) is 4. The lowest BCUT2D eigenvalue weighted by molar-refractivity contribution is -0.141. The summed E-state index contributed by atoms with van der Waals surface area (Å²) in [5.41, 5.74) is 1.53. The monoisotopic (exact) mass is 692 g/mol. The number of halogens is 3. The first-order valence-corrected chi connectivity index (χ1v) is 16.3. The number of alkyl carbamates (subject to hydrolysis) is 1. The molecule has 4 N–H and O–H groups in total. The fourth-order valence-corrected chi connectivity index (χ4v) is 5.69. The van der Waals surface area contributed by atoms with E-state index < -0.39 is 35.5 Å². The van der Waals surface area contributed by atoms with E-state index in [1.165, 1.54) is 12.3 Å². The quantitative estimate of drug-likeness (QED) is 0.159. The van der Waals surface area contributed by atoms with Gasteiger partial charge in [0.05, 0.1) is 0 Å². The van der Waals surface area contributed by atoms with Gasteiger partial charge in [0.25, 0.3) is 0 Å². The molecule has 12 nitrogen and oxygen atoms in total. The van der Waals surface area contributed by atoms with Gasteiger partial charge in [-0.1, -0.05) is 30.3 Å². The number of ether oxygens (including phenoxy) is 1. The molecule has 5 rings (SSSR count). The van der Waals surface area contributed by atoms with Crippen LogP contribution >= 0.6 is 0 Å². The summed E-state index contributed by atoms with van der Waals surface area (Å²) in [5.74, 6) is -0.342. The van der Waals surface area contributed by atoms with Crippen molar-refractivity contribution in [3.05, 3.63) is 78.1 Å². The second kappa shape index (κ2) is 15.5. The number of pyridine rings is 1. The van der Waals surface area contributed by atoms with Crippen molar-refractivity contribution in [2.45, 2.75) is 70.7 Å². The van der Waals surface area contributed by atoms with Crippen LogP contribution in [0.1, 0.15) is 57.7 Å². The average molecular weight is 693 g/mol. The Morgan fingerprint density at radius 1 is 0.900 bits per heavy atom. The normalized spacial score (nSPS) is 17.0. The highest BCUT2D eigenvalue weighted by atomic mass is 19.4. The predicted octanol–water partition coefficient (Wildman–Crippen LogP) is 5.94. The number of carbonyl (C=O) groups excluding carboxylic acids is 3. The van der Waals surface area contributed by atoms with Crippen LogP contribution in [-0.2, 0) is 26.9 Å². The van der Waals surface area contributed by atoms with Crippen LogP contribution in [0.25, 0.3) is 22.5 Å². The summed E-state index contributed by atoms with van der Waals surface area (Å²) >= 11 is 0. The number of aromatic nitrogens is 5. The zero-order chi connectivity index (χ0) is 35.9. The molecule has 1 atom stereocenters. The number of tetrazole rings is 1. The van der Waals surface area contributed by atoms with E-state index in [1.54, 1.807) is 69.3 Å². The molecule has 50 heavy (non-hydrogen) atoms. The lowest BCUT2D eigenvalue weighted by Crippen LogP contribution is -2.48. The van der Waals surface area contributed by atoms with Gasteiger partial charge in [0.1, 0.15) is 17.3 Å². The topological polar surface area (TPSA) is 164 Å². The Bertz CT molecular complexity index is 1730. The number of nitrogens with one attached hydrogen (secondary N) is 4. The van der Waals surface area contributed by atoms with E-state index in [-0.39, 0.29) is 24.2 Å². The molecule has 2 aromatic carbocycles. The van der Waals surface area contributed by atoms with E-state index in [4.69, 9.17) is 4.74 Å². The van der Waals surface area contributed by atoms with Gasteiger partial charge in [-0.2, -0.15) is 18.4 Å². The number of rotatable bonds is 10. The Morgan fingerprint density at radius 2 is 1.56 bits per heavy atom. The molecular formula is C35H39F3N8O4. The molecule has 0 aliphatic heterocycles. The number of anilines is 1. The third-order valence-corrected chi connectivity index (χ3v) is 8.32. The fourth-order valence-electron chi connectivity index (χ4n) is 5.69. The van der Waals surface area contributed by atoms with Crippen LogP contribution in [0.4, 0.5) is 23.7 Å². The van der Waals surface area contributed by atoms with Crippen LogP contribution in [0.3, 0.4) is 0 Å². The van der Waals surface area contributed by atoms with Crippen molar-refractivity contribution in [3.8, 4) is 22.5 Å². The van der Waals surface area contributed by atoms with E-state index >= 15 is 0 Å². The van der Waals surface area contributed by atoms with Gasteiger partial charge in [0.2, 0.25) is 17.6 Å². The molecule has 0 spiro atoms. The molecule has 264 valence electrons. The van der Waals surface area contributed by atoms with E-state index in [9.17, 15) is 27.6 Å². The van der Waals surface area contributed by atoms with Crippen LogP contribution in [-0.4, -0.2) is 61.7 Å². The summed E-state index contributed by atoms with van der Waals surface area (Å²) in [6.07, 6.45) is -0.992. The summed E-state index contributed by atoms with van der Waals surface area (Å²) in [7, 11) is 0.